The highest BCUT2D eigenvalue weighted by atomic mass is 19.4. The number of nitrogens with zero attached hydrogens (tertiary/aromatic N) is 2. The van der Waals surface area contributed by atoms with Gasteiger partial charge in [0.2, 0.25) is 5.72 Å². The molecule has 4 rings (SSSR count). The number of carbonyl (C=O) groups excluding carboxylic acids is 1. The Morgan fingerprint density at radius 1 is 0.854 bits per heavy atom. The molecule has 0 saturated heterocycles. The number of ether oxygens (including phenoxy) is 1. The minimum absolute atomic E-state index is 0.0323. The Bertz CT molecular complexity index is 1410. The molecule has 218 valence electrons. The first-order chi connectivity index (χ1) is 19.0. The van der Waals surface area contributed by atoms with Gasteiger partial charge in [0, 0.05) is 11.8 Å². The Hall–Kier alpha value is -3.93. The molecule has 1 amide bonds. The minimum Gasteiger partial charge on any atom is -0.484 e. The zero-order valence-electron chi connectivity index (χ0n) is 21.8. The van der Waals surface area contributed by atoms with Gasteiger partial charge < -0.3 is 9.84 Å². The average molecular weight is 583 g/mol. The van der Waals surface area contributed by atoms with E-state index in [4.69, 9.17) is 4.74 Å². The number of benzene rings is 3. The van der Waals surface area contributed by atoms with Gasteiger partial charge in [0.25, 0.3) is 5.91 Å². The predicted octanol–water partition coefficient (Wildman–Crippen LogP) is 6.55. The number of amides is 1. The number of halogens is 7. The van der Waals surface area contributed by atoms with E-state index in [-0.39, 0.29) is 11.3 Å². The number of rotatable bonds is 8. The van der Waals surface area contributed by atoms with Crippen LogP contribution in [0.15, 0.2) is 90.0 Å². The molecule has 3 aromatic carbocycles. The maximum Gasteiger partial charge on any atom is 0.460 e. The molecule has 1 N–H and O–H groups in total. The lowest BCUT2D eigenvalue weighted by atomic mass is 9.78. The predicted molar refractivity (Wildman–Crippen MR) is 136 cm³/mol. The van der Waals surface area contributed by atoms with E-state index < -0.39 is 58.8 Å². The third-order valence-corrected chi connectivity index (χ3v) is 7.02. The van der Waals surface area contributed by atoms with E-state index in [0.29, 0.717) is 0 Å². The Labute approximate surface area is 230 Å². The first-order valence-corrected chi connectivity index (χ1v) is 12.3. The molecule has 0 bridgehead atoms. The van der Waals surface area contributed by atoms with Gasteiger partial charge in [-0.15, -0.1) is 0 Å². The lowest BCUT2D eigenvalue weighted by Crippen LogP contribution is -2.69. The van der Waals surface area contributed by atoms with Crippen molar-refractivity contribution in [2.45, 2.75) is 49.4 Å². The van der Waals surface area contributed by atoms with Gasteiger partial charge in [-0.1, -0.05) is 86.6 Å². The second-order valence-corrected chi connectivity index (χ2v) is 10.1. The molecule has 1 atom stereocenters. The molecule has 5 nitrogen and oxygen atoms in total. The smallest absolute Gasteiger partial charge is 0.460 e. The normalized spacial score (nSPS) is 18.3. The molecule has 0 aliphatic carbocycles. The number of hydrogen-bond acceptors (Lipinski definition) is 4. The lowest BCUT2D eigenvalue weighted by Gasteiger charge is -2.41. The summed E-state index contributed by atoms with van der Waals surface area (Å²) >= 11 is 0. The van der Waals surface area contributed by atoms with Gasteiger partial charge >= 0.3 is 18.0 Å². The Morgan fingerprint density at radius 2 is 1.37 bits per heavy atom. The molecule has 0 fully saturated rings. The highest BCUT2D eigenvalue weighted by Gasteiger charge is 2.82. The minimum atomic E-state index is -6.73. The van der Waals surface area contributed by atoms with E-state index in [1.807, 2.05) is 44.2 Å². The van der Waals surface area contributed by atoms with Crippen molar-refractivity contribution in [1.82, 2.24) is 5.01 Å². The topological polar surface area (TPSA) is 62.1 Å². The average Bonchev–Trinajstić information content (AvgIpc) is 3.31. The van der Waals surface area contributed by atoms with Crippen LogP contribution in [0.5, 0.6) is 5.75 Å². The SMILES string of the molecule is CC(C)(c1ccccc1)c1ccc(OCC(=O)N2N=C(c3ccccc3)C[C@@]2(O)C(F)(F)C(F)(F)C(F)(F)F)cc1. The molecule has 3 aromatic rings. The lowest BCUT2D eigenvalue weighted by molar-refractivity contribution is -0.401. The van der Waals surface area contributed by atoms with Crippen molar-refractivity contribution >= 4 is 11.6 Å². The van der Waals surface area contributed by atoms with Crippen LogP contribution in [0.3, 0.4) is 0 Å². The second kappa shape index (κ2) is 10.5. The van der Waals surface area contributed by atoms with Gasteiger partial charge in [-0.05, 0) is 28.8 Å². The molecule has 1 aliphatic rings. The van der Waals surface area contributed by atoms with Crippen LogP contribution >= 0.6 is 0 Å². The summed E-state index contributed by atoms with van der Waals surface area (Å²) < 4.78 is 102. The van der Waals surface area contributed by atoms with Crippen LogP contribution in [-0.4, -0.2) is 52.1 Å². The van der Waals surface area contributed by atoms with Crippen LogP contribution in [0.25, 0.3) is 0 Å². The van der Waals surface area contributed by atoms with Crippen LogP contribution in [0, 0.1) is 0 Å². The maximum absolute atomic E-state index is 14.9. The summed E-state index contributed by atoms with van der Waals surface area (Å²) in [5.41, 5.74) is -3.35. The zero-order chi connectivity index (χ0) is 30.3. The molecule has 0 saturated carbocycles. The molecule has 41 heavy (non-hydrogen) atoms. The Kier molecular flexibility index (Phi) is 7.68. The van der Waals surface area contributed by atoms with Crippen molar-refractivity contribution in [3.05, 3.63) is 102 Å². The number of aliphatic hydroxyl groups is 1. The van der Waals surface area contributed by atoms with Crippen LogP contribution in [0.2, 0.25) is 0 Å². The molecule has 0 radical (unpaired) electrons. The highest BCUT2D eigenvalue weighted by molar-refractivity contribution is 6.03. The number of carbonyl (C=O) groups is 1. The van der Waals surface area contributed by atoms with Crippen molar-refractivity contribution in [3.8, 4) is 5.75 Å². The van der Waals surface area contributed by atoms with Crippen molar-refractivity contribution in [2.24, 2.45) is 5.10 Å². The fraction of sp³-hybridized carbons (Fsp3) is 0.310. The monoisotopic (exact) mass is 582 g/mol. The van der Waals surface area contributed by atoms with E-state index in [0.717, 1.165) is 11.1 Å². The summed E-state index contributed by atoms with van der Waals surface area (Å²) in [7, 11) is 0. The molecule has 0 unspecified atom stereocenters. The summed E-state index contributed by atoms with van der Waals surface area (Å²) in [6, 6.07) is 22.9. The van der Waals surface area contributed by atoms with Crippen molar-refractivity contribution in [1.29, 1.82) is 0 Å². The van der Waals surface area contributed by atoms with E-state index in [9.17, 15) is 40.6 Å². The summed E-state index contributed by atoms with van der Waals surface area (Å²) in [6.07, 6.45) is -8.23. The van der Waals surface area contributed by atoms with Crippen molar-refractivity contribution in [3.63, 3.8) is 0 Å². The zero-order valence-corrected chi connectivity index (χ0v) is 21.8. The quantitative estimate of drug-likeness (QED) is 0.307. The molecule has 1 aliphatic heterocycles. The number of hydrogen-bond donors (Lipinski definition) is 1. The summed E-state index contributed by atoms with van der Waals surface area (Å²) in [5, 5.41) is 13.8. The van der Waals surface area contributed by atoms with Crippen LogP contribution < -0.4 is 4.74 Å². The van der Waals surface area contributed by atoms with Crippen LogP contribution in [0.1, 0.15) is 37.0 Å². The first kappa shape index (κ1) is 30.0. The van der Waals surface area contributed by atoms with Crippen LogP contribution in [-0.2, 0) is 10.2 Å². The van der Waals surface area contributed by atoms with Gasteiger partial charge in [-0.3, -0.25) is 4.79 Å². The largest absolute Gasteiger partial charge is 0.484 e. The van der Waals surface area contributed by atoms with Gasteiger partial charge in [0.15, 0.2) is 6.61 Å². The van der Waals surface area contributed by atoms with Gasteiger partial charge in [0.05, 0.1) is 5.71 Å². The standard InChI is InChI=1S/C29H25F7N2O3/c1-25(2,20-11-7-4-8-12-20)21-13-15-22(16-14-21)41-18-24(39)38-26(40,27(30,31)28(32,33)29(34,35)36)17-23(37-38)19-9-5-3-6-10-19/h3-16,40H,17-18H2,1-2H3/t26-/m1/s1. The summed E-state index contributed by atoms with van der Waals surface area (Å²) in [6.45, 7) is 2.87. The molecule has 12 heteroatoms. The van der Waals surface area contributed by atoms with Crippen molar-refractivity contribution in [2.75, 3.05) is 6.61 Å². The molecular weight excluding hydrogens is 557 g/mol. The van der Waals surface area contributed by atoms with E-state index >= 15 is 0 Å². The highest BCUT2D eigenvalue weighted by Crippen LogP contribution is 2.54. The molecule has 0 aromatic heterocycles. The first-order valence-electron chi connectivity index (χ1n) is 12.3. The fourth-order valence-corrected chi connectivity index (χ4v) is 4.47. The number of hydrazone groups is 1. The van der Waals surface area contributed by atoms with Gasteiger partial charge in [-0.25, -0.2) is 0 Å². The fourth-order valence-electron chi connectivity index (χ4n) is 4.47. The number of alkyl halides is 7. The molecular formula is C29H25F7N2O3. The van der Waals surface area contributed by atoms with Crippen molar-refractivity contribution < 1.29 is 45.4 Å². The second-order valence-electron chi connectivity index (χ2n) is 10.1. The Morgan fingerprint density at radius 3 is 1.90 bits per heavy atom. The van der Waals surface area contributed by atoms with E-state index in [1.165, 1.54) is 42.5 Å². The van der Waals surface area contributed by atoms with Crippen LogP contribution in [0.4, 0.5) is 30.7 Å². The molecule has 1 heterocycles. The third-order valence-electron chi connectivity index (χ3n) is 7.02. The van der Waals surface area contributed by atoms with E-state index in [2.05, 4.69) is 5.10 Å². The third kappa shape index (κ3) is 5.28. The van der Waals surface area contributed by atoms with Gasteiger partial charge in [-0.2, -0.15) is 40.8 Å². The Balaban J connectivity index is 1.59. The van der Waals surface area contributed by atoms with E-state index in [1.54, 1.807) is 12.1 Å². The molecule has 0 spiro atoms. The van der Waals surface area contributed by atoms with Gasteiger partial charge in [0.1, 0.15) is 5.75 Å². The summed E-state index contributed by atoms with van der Waals surface area (Å²) in [4.78, 5) is 12.9. The summed E-state index contributed by atoms with van der Waals surface area (Å²) in [5.74, 6) is -14.4. The maximum atomic E-state index is 14.9.